The van der Waals surface area contributed by atoms with Crippen molar-refractivity contribution in [2.45, 2.75) is 52.1 Å². The van der Waals surface area contributed by atoms with Crippen LogP contribution in [0.15, 0.2) is 0 Å². The Bertz CT molecular complexity index is 328. The zero-order chi connectivity index (χ0) is 15.1. The smallest absolute Gasteiger partial charge is 0.326 e. The number of hydrogen-bond donors (Lipinski definition) is 3. The molecular formula is C14H27N3O3. The maximum Gasteiger partial charge on any atom is 0.326 e. The van der Waals surface area contributed by atoms with E-state index in [4.69, 9.17) is 5.11 Å². The van der Waals surface area contributed by atoms with Gasteiger partial charge in [0.2, 0.25) is 0 Å². The minimum atomic E-state index is -0.985. The predicted molar refractivity (Wildman–Crippen MR) is 77.7 cm³/mol. The van der Waals surface area contributed by atoms with E-state index in [2.05, 4.69) is 22.5 Å². The number of aliphatic carboxylic acids is 1. The molecule has 1 fully saturated rings. The number of hydrogen-bond acceptors (Lipinski definition) is 3. The van der Waals surface area contributed by atoms with E-state index in [1.54, 1.807) is 0 Å². The van der Waals surface area contributed by atoms with Crippen molar-refractivity contribution in [3.8, 4) is 0 Å². The number of carbonyl (C=O) groups is 2. The summed E-state index contributed by atoms with van der Waals surface area (Å²) in [6.45, 7) is 8.65. The molecule has 20 heavy (non-hydrogen) atoms. The Morgan fingerprint density at radius 1 is 1.20 bits per heavy atom. The van der Waals surface area contributed by atoms with Crippen LogP contribution >= 0.6 is 0 Å². The molecule has 1 heterocycles. The summed E-state index contributed by atoms with van der Waals surface area (Å²) in [5.74, 6) is -0.763. The highest BCUT2D eigenvalue weighted by atomic mass is 16.4. The highest BCUT2D eigenvalue weighted by Crippen LogP contribution is 2.10. The van der Waals surface area contributed by atoms with Gasteiger partial charge in [-0.05, 0) is 45.2 Å². The van der Waals surface area contributed by atoms with E-state index in [1.807, 2.05) is 13.8 Å². The lowest BCUT2D eigenvalue weighted by Crippen LogP contribution is -2.49. The Hall–Kier alpha value is -1.30. The third-order valence-corrected chi connectivity index (χ3v) is 3.63. The Morgan fingerprint density at radius 2 is 1.80 bits per heavy atom. The molecule has 3 N–H and O–H groups in total. The molecule has 1 rings (SSSR count). The lowest BCUT2D eigenvalue weighted by Gasteiger charge is -2.24. The fraction of sp³-hybridized carbons (Fsp3) is 0.857. The van der Waals surface area contributed by atoms with E-state index in [1.165, 1.54) is 12.8 Å². The van der Waals surface area contributed by atoms with Gasteiger partial charge in [-0.2, -0.15) is 0 Å². The molecule has 0 aliphatic carbocycles. The molecule has 6 nitrogen and oxygen atoms in total. The Balaban J connectivity index is 2.31. The van der Waals surface area contributed by atoms with E-state index in [0.717, 1.165) is 13.1 Å². The van der Waals surface area contributed by atoms with Gasteiger partial charge in [-0.15, -0.1) is 0 Å². The van der Waals surface area contributed by atoms with Gasteiger partial charge < -0.3 is 15.7 Å². The van der Waals surface area contributed by atoms with Crippen LogP contribution in [0.25, 0.3) is 0 Å². The number of nitrogens with zero attached hydrogens (tertiary/aromatic N) is 1. The van der Waals surface area contributed by atoms with E-state index in [-0.39, 0.29) is 12.0 Å². The zero-order valence-electron chi connectivity index (χ0n) is 12.7. The van der Waals surface area contributed by atoms with Crippen molar-refractivity contribution < 1.29 is 14.7 Å². The molecule has 0 aromatic rings. The lowest BCUT2D eigenvalue weighted by molar-refractivity contribution is -0.139. The van der Waals surface area contributed by atoms with Crippen molar-refractivity contribution in [2.24, 2.45) is 5.92 Å². The second-order valence-electron chi connectivity index (χ2n) is 5.97. The molecule has 1 aliphatic rings. The van der Waals surface area contributed by atoms with E-state index in [9.17, 15) is 9.59 Å². The molecule has 2 atom stereocenters. The van der Waals surface area contributed by atoms with Gasteiger partial charge in [-0.1, -0.05) is 13.8 Å². The molecule has 1 unspecified atom stereocenters. The van der Waals surface area contributed by atoms with Crippen molar-refractivity contribution in [2.75, 3.05) is 19.6 Å². The first-order chi connectivity index (χ1) is 9.40. The fourth-order valence-corrected chi connectivity index (χ4v) is 2.45. The largest absolute Gasteiger partial charge is 0.480 e. The van der Waals surface area contributed by atoms with Gasteiger partial charge in [0.25, 0.3) is 0 Å². The third-order valence-electron chi connectivity index (χ3n) is 3.63. The topological polar surface area (TPSA) is 81.7 Å². The average Bonchev–Trinajstić information content (AvgIpc) is 2.88. The highest BCUT2D eigenvalue weighted by Gasteiger charge is 2.22. The number of carboxylic acids is 1. The average molecular weight is 285 g/mol. The molecule has 0 saturated carbocycles. The summed E-state index contributed by atoms with van der Waals surface area (Å²) in [5.41, 5.74) is 0. The van der Waals surface area contributed by atoms with Crippen LogP contribution in [0, 0.1) is 5.92 Å². The first-order valence-electron chi connectivity index (χ1n) is 7.41. The van der Waals surface area contributed by atoms with Crippen LogP contribution in [0.3, 0.4) is 0 Å². The van der Waals surface area contributed by atoms with E-state index >= 15 is 0 Å². The standard InChI is InChI=1S/C14H27N3O3/c1-10(2)8-12(13(18)19)16-14(20)15-9-11(3)17-6-4-5-7-17/h10-12H,4-9H2,1-3H3,(H,18,19)(H2,15,16,20)/t11?,12-/m0/s1. The second-order valence-corrected chi connectivity index (χ2v) is 5.97. The molecule has 0 aromatic heterocycles. The Morgan fingerprint density at radius 3 is 2.30 bits per heavy atom. The van der Waals surface area contributed by atoms with Gasteiger partial charge in [-0.25, -0.2) is 9.59 Å². The minimum Gasteiger partial charge on any atom is -0.480 e. The van der Waals surface area contributed by atoms with Crippen LogP contribution < -0.4 is 10.6 Å². The maximum atomic E-state index is 11.8. The van der Waals surface area contributed by atoms with Crippen LogP contribution in [0.1, 0.15) is 40.0 Å². The Labute approximate surface area is 120 Å². The summed E-state index contributed by atoms with van der Waals surface area (Å²) in [6.07, 6.45) is 2.86. The SMILES string of the molecule is CC(C)C[C@H](NC(=O)NCC(C)N1CCCC1)C(=O)O. The molecule has 1 saturated heterocycles. The molecule has 1 aliphatic heterocycles. The summed E-state index contributed by atoms with van der Waals surface area (Å²) in [4.78, 5) is 25.2. The minimum absolute atomic E-state index is 0.222. The van der Waals surface area contributed by atoms with Crippen molar-refractivity contribution in [1.29, 1.82) is 0 Å². The lowest BCUT2D eigenvalue weighted by atomic mass is 10.0. The molecule has 2 amide bonds. The van der Waals surface area contributed by atoms with Gasteiger partial charge in [0.1, 0.15) is 6.04 Å². The number of urea groups is 1. The summed E-state index contributed by atoms with van der Waals surface area (Å²) in [5, 5.41) is 14.4. The molecule has 0 aromatic carbocycles. The first kappa shape index (κ1) is 16.8. The number of nitrogens with one attached hydrogen (secondary N) is 2. The first-order valence-corrected chi connectivity index (χ1v) is 7.41. The molecular weight excluding hydrogens is 258 g/mol. The number of carbonyl (C=O) groups excluding carboxylic acids is 1. The second kappa shape index (κ2) is 8.09. The summed E-state index contributed by atoms with van der Waals surface area (Å²) >= 11 is 0. The van der Waals surface area contributed by atoms with Crippen molar-refractivity contribution in [1.82, 2.24) is 15.5 Å². The number of rotatable bonds is 7. The van der Waals surface area contributed by atoms with Crippen LogP contribution in [-0.2, 0) is 4.79 Å². The van der Waals surface area contributed by atoms with Gasteiger partial charge in [0.15, 0.2) is 0 Å². The van der Waals surface area contributed by atoms with Crippen molar-refractivity contribution in [3.63, 3.8) is 0 Å². The van der Waals surface area contributed by atoms with Gasteiger partial charge in [0.05, 0.1) is 0 Å². The maximum absolute atomic E-state index is 11.8. The van der Waals surface area contributed by atoms with Gasteiger partial charge in [-0.3, -0.25) is 4.90 Å². The molecule has 6 heteroatoms. The Kier molecular flexibility index (Phi) is 6.78. The molecule has 0 radical (unpaired) electrons. The van der Waals surface area contributed by atoms with Crippen LogP contribution in [0.4, 0.5) is 4.79 Å². The normalized spacial score (nSPS) is 18.8. The van der Waals surface area contributed by atoms with Crippen LogP contribution in [0.2, 0.25) is 0 Å². The van der Waals surface area contributed by atoms with E-state index < -0.39 is 18.0 Å². The van der Waals surface area contributed by atoms with Gasteiger partial charge in [0, 0.05) is 12.6 Å². The monoisotopic (exact) mass is 285 g/mol. The summed E-state index contributed by atoms with van der Waals surface area (Å²) in [6, 6.07) is -0.933. The summed E-state index contributed by atoms with van der Waals surface area (Å²) < 4.78 is 0. The number of likely N-dealkylation sites (tertiary alicyclic amines) is 1. The zero-order valence-corrected chi connectivity index (χ0v) is 12.7. The fourth-order valence-electron chi connectivity index (χ4n) is 2.45. The van der Waals surface area contributed by atoms with Crippen molar-refractivity contribution in [3.05, 3.63) is 0 Å². The van der Waals surface area contributed by atoms with Crippen LogP contribution in [-0.4, -0.2) is 53.7 Å². The number of amides is 2. The molecule has 116 valence electrons. The third kappa shape index (κ3) is 5.77. The van der Waals surface area contributed by atoms with Crippen molar-refractivity contribution >= 4 is 12.0 Å². The molecule has 0 bridgehead atoms. The predicted octanol–water partition coefficient (Wildman–Crippen LogP) is 1.27. The van der Waals surface area contributed by atoms with E-state index in [0.29, 0.717) is 13.0 Å². The van der Waals surface area contributed by atoms with Crippen LogP contribution in [0.5, 0.6) is 0 Å². The molecule has 0 spiro atoms. The van der Waals surface area contributed by atoms with Gasteiger partial charge >= 0.3 is 12.0 Å². The highest BCUT2D eigenvalue weighted by molar-refractivity contribution is 5.82. The number of carboxylic acid groups (broad SMARTS) is 1. The summed E-state index contributed by atoms with van der Waals surface area (Å²) in [7, 11) is 0. The quantitative estimate of drug-likeness (QED) is 0.658.